The Labute approximate surface area is 120 Å². The summed E-state index contributed by atoms with van der Waals surface area (Å²) < 4.78 is 5.16. The van der Waals surface area contributed by atoms with E-state index in [4.69, 9.17) is 17.0 Å². The molecule has 108 valence electrons. The van der Waals surface area contributed by atoms with Gasteiger partial charge in [0, 0.05) is 13.1 Å². The highest BCUT2D eigenvalue weighted by molar-refractivity contribution is 7.80. The molecule has 0 spiro atoms. The average Bonchev–Trinajstić information content (AvgIpc) is 2.41. The highest BCUT2D eigenvalue weighted by Crippen LogP contribution is 2.36. The molecule has 0 fully saturated rings. The van der Waals surface area contributed by atoms with Gasteiger partial charge in [-0.3, -0.25) is 10.1 Å². The first-order chi connectivity index (χ1) is 9.49. The summed E-state index contributed by atoms with van der Waals surface area (Å²) in [6, 6.07) is 2.69. The van der Waals surface area contributed by atoms with Crippen molar-refractivity contribution in [2.24, 2.45) is 0 Å². The van der Waals surface area contributed by atoms with Crippen molar-refractivity contribution < 1.29 is 19.9 Å². The maximum absolute atomic E-state index is 10.9. The number of hydrazone groups is 1. The quantitative estimate of drug-likeness (QED) is 0.244. The third kappa shape index (κ3) is 4.05. The van der Waals surface area contributed by atoms with Crippen LogP contribution in [0, 0.1) is 10.1 Å². The largest absolute Gasteiger partial charge is 0.500 e. The van der Waals surface area contributed by atoms with Crippen molar-refractivity contribution in [1.82, 2.24) is 10.7 Å². The number of nitro groups is 1. The van der Waals surface area contributed by atoms with Gasteiger partial charge in [-0.2, -0.15) is 0 Å². The van der Waals surface area contributed by atoms with E-state index in [1.165, 1.54) is 18.3 Å². The Morgan fingerprint density at radius 2 is 2.35 bits per heavy atom. The molecule has 0 radical (unpaired) electrons. The van der Waals surface area contributed by atoms with E-state index in [-0.39, 0.29) is 12.4 Å². The summed E-state index contributed by atoms with van der Waals surface area (Å²) in [5.74, 6) is -0.446. The fourth-order valence-electron chi connectivity index (χ4n) is 1.35. The number of nitro benzene ring substituents is 1. The molecule has 0 aromatic heterocycles. The second-order valence-electron chi connectivity index (χ2n) is 3.57. The number of phenols is 1. The van der Waals surface area contributed by atoms with E-state index in [9.17, 15) is 15.2 Å². The normalized spacial score (nSPS) is 10.3. The summed E-state index contributed by atoms with van der Waals surface area (Å²) in [4.78, 5) is 10.2. The Hall–Kier alpha value is -2.42. The van der Waals surface area contributed by atoms with Crippen LogP contribution >= 0.6 is 12.2 Å². The number of nitrogens with zero attached hydrogens (tertiary/aromatic N) is 1. The highest BCUT2D eigenvalue weighted by Gasteiger charge is 2.20. The Morgan fingerprint density at radius 1 is 1.65 bits per heavy atom. The van der Waals surface area contributed by atoms with Gasteiger partial charge < -0.3 is 15.2 Å². The molecular weight excluding hydrogens is 284 g/mol. The number of phenolic OH excluding ortho intramolecular Hbond substituents is 1. The van der Waals surface area contributed by atoms with Crippen LogP contribution in [0.5, 0.6) is 11.5 Å². The molecule has 1 aromatic rings. The van der Waals surface area contributed by atoms with E-state index in [2.05, 4.69) is 15.8 Å². The van der Waals surface area contributed by atoms with Gasteiger partial charge >= 0.3 is 5.69 Å². The molecule has 0 unspecified atom stereocenters. The first-order valence-electron chi connectivity index (χ1n) is 5.70. The molecule has 20 heavy (non-hydrogen) atoms. The van der Waals surface area contributed by atoms with Gasteiger partial charge in [-0.15, -0.1) is 10.5 Å². The molecule has 0 bridgehead atoms. The molecule has 1 rings (SSSR count). The number of hydrogen-bond donors (Lipinski definition) is 4. The maximum Gasteiger partial charge on any atom is 0.315 e. The molecule has 0 heterocycles. The summed E-state index contributed by atoms with van der Waals surface area (Å²) in [6.45, 7) is 2.00. The zero-order valence-corrected chi connectivity index (χ0v) is 11.8. The first-order valence-corrected chi connectivity index (χ1v) is 6.11. The third-order valence-corrected chi connectivity index (χ3v) is 2.53. The lowest BCUT2D eigenvalue weighted by Gasteiger charge is -2.06. The Bertz CT molecular complexity index is 547. The maximum atomic E-state index is 10.9. The summed E-state index contributed by atoms with van der Waals surface area (Å²) in [5.41, 5.74) is 2.66. The Kier molecular flexibility index (Phi) is 5.66. The van der Waals surface area contributed by atoms with E-state index in [1.807, 2.05) is 0 Å². The van der Waals surface area contributed by atoms with Crippen molar-refractivity contribution >= 4 is 29.2 Å². The highest BCUT2D eigenvalue weighted by atomic mass is 32.1. The van der Waals surface area contributed by atoms with Crippen molar-refractivity contribution in [3.05, 3.63) is 27.8 Å². The molecule has 1 aromatic carbocycles. The predicted molar refractivity (Wildman–Crippen MR) is 76.9 cm³/mol. The molecule has 4 N–H and O–H groups in total. The molecule has 0 atom stereocenters. The molecule has 8 nitrogen and oxygen atoms in total. The van der Waals surface area contributed by atoms with Gasteiger partial charge in [-0.1, -0.05) is 0 Å². The summed E-state index contributed by atoms with van der Waals surface area (Å²) in [5, 5.41) is 26.3. The molecule has 0 aliphatic carbocycles. The van der Waals surface area contributed by atoms with Crippen molar-refractivity contribution in [2.75, 3.05) is 13.7 Å². The van der Waals surface area contributed by atoms with Crippen LogP contribution in [-0.4, -0.2) is 35.0 Å². The number of rotatable bonds is 5. The van der Waals surface area contributed by atoms with Gasteiger partial charge in [0.2, 0.25) is 10.9 Å². The SMILES string of the molecule is CCOc1cc(/C=[NH+]/NC(=S)NC)cc([N+](=O)[O-])c1O. The third-order valence-electron chi connectivity index (χ3n) is 2.23. The van der Waals surface area contributed by atoms with Gasteiger partial charge in [0.25, 0.3) is 0 Å². The van der Waals surface area contributed by atoms with Crippen molar-refractivity contribution in [1.29, 1.82) is 0 Å². The van der Waals surface area contributed by atoms with Gasteiger partial charge in [-0.25, -0.2) is 0 Å². The number of hydrazine groups is 1. The monoisotopic (exact) mass is 299 g/mol. The van der Waals surface area contributed by atoms with Crippen LogP contribution in [0.15, 0.2) is 12.1 Å². The lowest BCUT2D eigenvalue weighted by atomic mass is 10.2. The average molecular weight is 299 g/mol. The fraction of sp³-hybridized carbons (Fsp3) is 0.273. The van der Waals surface area contributed by atoms with E-state index in [0.717, 1.165) is 0 Å². The number of ether oxygens (including phenoxy) is 1. The molecule has 0 aliphatic heterocycles. The fourth-order valence-corrected chi connectivity index (χ4v) is 1.41. The van der Waals surface area contributed by atoms with Crippen LogP contribution in [0.3, 0.4) is 0 Å². The zero-order valence-electron chi connectivity index (χ0n) is 11.0. The minimum Gasteiger partial charge on any atom is -0.500 e. The molecule has 0 amide bonds. The smallest absolute Gasteiger partial charge is 0.315 e. The second kappa shape index (κ2) is 7.24. The van der Waals surface area contributed by atoms with E-state index in [0.29, 0.717) is 10.7 Å². The van der Waals surface area contributed by atoms with Gasteiger partial charge in [0.15, 0.2) is 12.0 Å². The minimum atomic E-state index is -0.680. The molecule has 9 heteroatoms. The van der Waals surface area contributed by atoms with E-state index >= 15 is 0 Å². The number of thiocarbonyl (C=S) groups is 1. The second-order valence-corrected chi connectivity index (χ2v) is 3.98. The first kappa shape index (κ1) is 15.6. The van der Waals surface area contributed by atoms with Crippen LogP contribution in [-0.2, 0) is 0 Å². The van der Waals surface area contributed by atoms with Gasteiger partial charge in [0.1, 0.15) is 0 Å². The number of hydrogen-bond acceptors (Lipinski definition) is 5. The minimum absolute atomic E-state index is 0.0472. The van der Waals surface area contributed by atoms with Crippen LogP contribution < -0.4 is 20.6 Å². The zero-order chi connectivity index (χ0) is 15.1. The summed E-state index contributed by atoms with van der Waals surface area (Å²) in [6.07, 6.45) is 1.46. The van der Waals surface area contributed by atoms with Gasteiger partial charge in [0.05, 0.1) is 17.1 Å². The van der Waals surface area contributed by atoms with Crippen LogP contribution in [0.2, 0.25) is 0 Å². The van der Waals surface area contributed by atoms with Crippen LogP contribution in [0.4, 0.5) is 5.69 Å². The Balaban J connectivity index is 3.07. The number of benzene rings is 1. The topological polar surface area (TPSA) is 111 Å². The molecule has 0 saturated heterocycles. The van der Waals surface area contributed by atoms with Crippen LogP contribution in [0.1, 0.15) is 12.5 Å². The van der Waals surface area contributed by atoms with Crippen molar-refractivity contribution in [3.63, 3.8) is 0 Å². The van der Waals surface area contributed by atoms with E-state index in [1.54, 1.807) is 14.0 Å². The predicted octanol–water partition coefficient (Wildman–Crippen LogP) is -0.792. The lowest BCUT2D eigenvalue weighted by Crippen LogP contribution is -2.82. The summed E-state index contributed by atoms with van der Waals surface area (Å²) in [7, 11) is 1.65. The Morgan fingerprint density at radius 3 is 2.90 bits per heavy atom. The molecule has 0 saturated carbocycles. The molecule has 0 aliphatic rings. The standard InChI is InChI=1S/C11H14N4O4S/c1-3-19-9-5-7(6-13-14-11(20)12-2)4-8(10(9)16)15(17)18/h4-6,16H,3H2,1-2H3,(H2,12,14,20)/p+1/b13-6+. The number of nitrogens with one attached hydrogen (secondary N) is 3. The van der Waals surface area contributed by atoms with Crippen LogP contribution in [0.25, 0.3) is 0 Å². The van der Waals surface area contributed by atoms with E-state index < -0.39 is 16.4 Å². The van der Waals surface area contributed by atoms with Gasteiger partial charge in [-0.05, 0) is 25.2 Å². The molecular formula is C11H15N4O4S+. The summed E-state index contributed by atoms with van der Waals surface area (Å²) >= 11 is 4.85. The number of aromatic hydroxyl groups is 1. The van der Waals surface area contributed by atoms with Crippen molar-refractivity contribution in [2.45, 2.75) is 6.92 Å². The lowest BCUT2D eigenvalue weighted by molar-refractivity contribution is -0.500. The van der Waals surface area contributed by atoms with Crippen molar-refractivity contribution in [3.8, 4) is 11.5 Å².